The molecule has 3 heterocycles. The Morgan fingerprint density at radius 1 is 0.511 bits per heavy atom. The number of hydrogen-bond acceptors (Lipinski definition) is 2. The van der Waals surface area contributed by atoms with E-state index in [1.807, 2.05) is 12.1 Å². The minimum Gasteiger partial charge on any atom is -0.456 e. The Balaban J connectivity index is 1.23. The molecule has 10 rings (SSSR count). The van der Waals surface area contributed by atoms with Crippen LogP contribution in [0.25, 0.3) is 54.9 Å². The summed E-state index contributed by atoms with van der Waals surface area (Å²) < 4.78 is 8.78. The summed E-state index contributed by atoms with van der Waals surface area (Å²) in [6.07, 6.45) is 9.12. The summed E-state index contributed by atoms with van der Waals surface area (Å²) in [7, 11) is 0. The van der Waals surface area contributed by atoms with Crippen molar-refractivity contribution >= 4 is 60.8 Å². The number of anilines is 3. The number of aromatic nitrogens is 1. The summed E-state index contributed by atoms with van der Waals surface area (Å²) in [6, 6.07) is 48.4. The van der Waals surface area contributed by atoms with Gasteiger partial charge in [-0.05, 0) is 71.3 Å². The zero-order chi connectivity index (χ0) is 29.5. The van der Waals surface area contributed by atoms with E-state index in [0.29, 0.717) is 5.92 Å². The highest BCUT2D eigenvalue weighted by molar-refractivity contribution is 6.12. The van der Waals surface area contributed by atoms with Gasteiger partial charge in [-0.2, -0.15) is 0 Å². The van der Waals surface area contributed by atoms with Crippen molar-refractivity contribution in [1.82, 2.24) is 4.57 Å². The molecule has 1 aliphatic carbocycles. The maximum atomic E-state index is 6.23. The van der Waals surface area contributed by atoms with Crippen LogP contribution in [0, 0.1) is 0 Å². The Bertz CT molecular complexity index is 2500. The van der Waals surface area contributed by atoms with E-state index >= 15 is 0 Å². The maximum Gasteiger partial charge on any atom is 0.135 e. The molecule has 0 N–H and O–H groups in total. The van der Waals surface area contributed by atoms with Crippen LogP contribution in [0.2, 0.25) is 0 Å². The highest BCUT2D eigenvalue weighted by Gasteiger charge is 2.35. The van der Waals surface area contributed by atoms with Crippen LogP contribution in [-0.4, -0.2) is 4.57 Å². The lowest BCUT2D eigenvalue weighted by Gasteiger charge is -2.27. The van der Waals surface area contributed by atoms with Gasteiger partial charge in [-0.3, -0.25) is 0 Å². The molecule has 2 aromatic heterocycles. The van der Waals surface area contributed by atoms with Crippen molar-refractivity contribution in [2.45, 2.75) is 12.0 Å². The number of para-hydroxylation sites is 2. The second-order valence-electron chi connectivity index (χ2n) is 12.1. The lowest BCUT2D eigenvalue weighted by molar-refractivity contribution is 0.615. The number of furan rings is 1. The largest absolute Gasteiger partial charge is 0.456 e. The number of benzene rings is 6. The third kappa shape index (κ3) is 3.58. The zero-order valence-corrected chi connectivity index (χ0v) is 24.5. The molecule has 212 valence electrons. The normalized spacial score (nSPS) is 16.7. The third-order valence-corrected chi connectivity index (χ3v) is 9.69. The molecular formula is C42H28N2O. The molecule has 2 aliphatic rings. The Hall–Kier alpha value is -5.80. The van der Waals surface area contributed by atoms with Gasteiger partial charge < -0.3 is 13.9 Å². The first-order valence-corrected chi connectivity index (χ1v) is 15.6. The zero-order valence-electron chi connectivity index (χ0n) is 24.5. The maximum absolute atomic E-state index is 6.23. The van der Waals surface area contributed by atoms with Crippen LogP contribution in [0.3, 0.4) is 0 Å². The van der Waals surface area contributed by atoms with Crippen molar-refractivity contribution in [2.24, 2.45) is 0 Å². The van der Waals surface area contributed by atoms with E-state index in [1.54, 1.807) is 0 Å². The van der Waals surface area contributed by atoms with Crippen LogP contribution in [0.4, 0.5) is 17.1 Å². The van der Waals surface area contributed by atoms with E-state index in [0.717, 1.165) is 39.0 Å². The van der Waals surface area contributed by atoms with Gasteiger partial charge >= 0.3 is 0 Å². The van der Waals surface area contributed by atoms with Crippen LogP contribution in [0.1, 0.15) is 17.5 Å². The molecule has 0 amide bonds. The molecule has 3 nitrogen and oxygen atoms in total. The lowest BCUT2D eigenvalue weighted by Crippen LogP contribution is -2.11. The van der Waals surface area contributed by atoms with Gasteiger partial charge in [0, 0.05) is 50.0 Å². The van der Waals surface area contributed by atoms with Gasteiger partial charge in [0.25, 0.3) is 0 Å². The molecule has 6 aromatic carbocycles. The molecule has 45 heavy (non-hydrogen) atoms. The second kappa shape index (κ2) is 9.35. The second-order valence-corrected chi connectivity index (χ2v) is 12.1. The van der Waals surface area contributed by atoms with E-state index in [9.17, 15) is 0 Å². The molecule has 0 saturated carbocycles. The van der Waals surface area contributed by atoms with Crippen LogP contribution in [0.15, 0.2) is 162 Å². The monoisotopic (exact) mass is 576 g/mol. The number of rotatable bonds is 4. The Morgan fingerprint density at radius 3 is 2.09 bits per heavy atom. The number of fused-ring (bicyclic) bond motifs is 9. The predicted molar refractivity (Wildman–Crippen MR) is 187 cm³/mol. The number of nitrogens with zero attached hydrogens (tertiary/aromatic N) is 2. The van der Waals surface area contributed by atoms with E-state index < -0.39 is 0 Å². The lowest BCUT2D eigenvalue weighted by atomic mass is 9.89. The quantitative estimate of drug-likeness (QED) is 0.208. The minimum atomic E-state index is 0.287. The molecule has 0 fully saturated rings. The third-order valence-electron chi connectivity index (χ3n) is 9.69. The van der Waals surface area contributed by atoms with Crippen molar-refractivity contribution < 1.29 is 4.42 Å². The fourth-order valence-corrected chi connectivity index (χ4v) is 7.70. The first kappa shape index (κ1) is 24.6. The Kier molecular flexibility index (Phi) is 5.11. The molecule has 0 bridgehead atoms. The summed E-state index contributed by atoms with van der Waals surface area (Å²) in [5.41, 5.74) is 11.6. The van der Waals surface area contributed by atoms with Crippen LogP contribution >= 0.6 is 0 Å². The van der Waals surface area contributed by atoms with E-state index in [2.05, 4.69) is 155 Å². The van der Waals surface area contributed by atoms with Crippen molar-refractivity contribution in [2.75, 3.05) is 4.90 Å². The molecule has 1 aliphatic heterocycles. The van der Waals surface area contributed by atoms with E-state index in [1.165, 1.54) is 38.5 Å². The van der Waals surface area contributed by atoms with E-state index in [4.69, 9.17) is 4.42 Å². The number of hydrogen-bond donors (Lipinski definition) is 0. The first-order chi connectivity index (χ1) is 22.3. The Morgan fingerprint density at radius 2 is 1.20 bits per heavy atom. The number of allylic oxidation sites excluding steroid dienone is 4. The topological polar surface area (TPSA) is 21.3 Å². The summed E-state index contributed by atoms with van der Waals surface area (Å²) in [5, 5.41) is 4.85. The summed E-state index contributed by atoms with van der Waals surface area (Å²) in [6.45, 7) is 0. The molecular weight excluding hydrogens is 548 g/mol. The molecule has 2 unspecified atom stereocenters. The van der Waals surface area contributed by atoms with E-state index in [-0.39, 0.29) is 6.04 Å². The molecule has 2 atom stereocenters. The Labute approximate surface area is 260 Å². The predicted octanol–water partition coefficient (Wildman–Crippen LogP) is 11.6. The van der Waals surface area contributed by atoms with Crippen molar-refractivity contribution in [3.63, 3.8) is 0 Å². The fourth-order valence-electron chi connectivity index (χ4n) is 7.70. The van der Waals surface area contributed by atoms with Gasteiger partial charge in [-0.15, -0.1) is 0 Å². The minimum absolute atomic E-state index is 0.287. The van der Waals surface area contributed by atoms with Crippen molar-refractivity contribution in [3.8, 4) is 11.1 Å². The molecule has 8 aromatic rings. The summed E-state index contributed by atoms with van der Waals surface area (Å²) >= 11 is 0. The fraction of sp³-hybridized carbons (Fsp3) is 0.0476. The molecule has 3 heteroatoms. The molecule has 0 spiro atoms. The van der Waals surface area contributed by atoms with Crippen LogP contribution in [-0.2, 0) is 0 Å². The van der Waals surface area contributed by atoms with Crippen LogP contribution in [0.5, 0.6) is 0 Å². The van der Waals surface area contributed by atoms with Crippen LogP contribution < -0.4 is 4.90 Å². The smallest absolute Gasteiger partial charge is 0.135 e. The van der Waals surface area contributed by atoms with Gasteiger partial charge in [0.05, 0.1) is 11.6 Å². The SMILES string of the molecule is C1=CC2c3cc(N(c4ccc(-c5ccccc5)cc4)c4ccc5oc6ccccc6c5c4)cc4c5ccccc5n(c34)C2C=C1. The van der Waals surface area contributed by atoms with Gasteiger partial charge in [-0.1, -0.05) is 103 Å². The highest BCUT2D eigenvalue weighted by Crippen LogP contribution is 2.52. The van der Waals surface area contributed by atoms with Crippen molar-refractivity contribution in [3.05, 3.63) is 163 Å². The summed E-state index contributed by atoms with van der Waals surface area (Å²) in [5.74, 6) is 0.305. The molecule has 0 saturated heterocycles. The summed E-state index contributed by atoms with van der Waals surface area (Å²) in [4.78, 5) is 2.41. The highest BCUT2D eigenvalue weighted by atomic mass is 16.3. The van der Waals surface area contributed by atoms with Gasteiger partial charge in [-0.25, -0.2) is 0 Å². The first-order valence-electron chi connectivity index (χ1n) is 15.6. The molecule has 0 radical (unpaired) electrons. The van der Waals surface area contributed by atoms with Gasteiger partial charge in [0.2, 0.25) is 0 Å². The average Bonchev–Trinajstić information content (AvgIpc) is 3.76. The van der Waals surface area contributed by atoms with Gasteiger partial charge in [0.15, 0.2) is 0 Å². The van der Waals surface area contributed by atoms with Crippen molar-refractivity contribution in [1.29, 1.82) is 0 Å². The van der Waals surface area contributed by atoms with Gasteiger partial charge in [0.1, 0.15) is 11.2 Å². The average molecular weight is 577 g/mol. The standard InChI is InChI=1S/C42H28N2O/c1-2-10-27(11-3-1)28-18-20-29(21-19-28)43(30-22-23-41-35(24-30)34-14-6-9-17-40(34)45-41)31-25-36-32-12-4-7-15-38(32)44-39-16-8-5-13-33(39)37(26-31)42(36)44/h1-26,32,38H.